The minimum Gasteiger partial charge on any atom is -0.396 e. The second-order valence-electron chi connectivity index (χ2n) is 2.35. The maximum Gasteiger partial charge on any atom is 0.338 e. The molecule has 0 aromatic rings. The molecule has 0 rings (SSSR count). The van der Waals surface area contributed by atoms with Crippen molar-refractivity contribution in [1.82, 2.24) is 0 Å². The Labute approximate surface area is 87.3 Å². The van der Waals surface area contributed by atoms with Crippen LogP contribution >= 0.6 is 0 Å². The molecule has 0 amide bonds. The van der Waals surface area contributed by atoms with Gasteiger partial charge in [0.2, 0.25) is 0 Å². The van der Waals surface area contributed by atoms with Crippen molar-refractivity contribution in [2.75, 3.05) is 13.2 Å². The summed E-state index contributed by atoms with van der Waals surface area (Å²) in [6.45, 7) is 9.57. The third-order valence-electron chi connectivity index (χ3n) is 1.48. The molecule has 0 heterocycles. The number of rotatable bonds is 6. The summed E-state index contributed by atoms with van der Waals surface area (Å²) < 4.78 is 10.9. The van der Waals surface area contributed by atoms with Gasteiger partial charge in [0, 0.05) is 18.9 Å². The molecule has 13 heavy (non-hydrogen) atoms. The summed E-state index contributed by atoms with van der Waals surface area (Å²) >= 11 is 0. The van der Waals surface area contributed by atoms with Crippen molar-refractivity contribution in [2.45, 2.75) is 39.4 Å². The van der Waals surface area contributed by atoms with E-state index in [2.05, 4.69) is 13.5 Å². The lowest BCUT2D eigenvalue weighted by Gasteiger charge is -2.19. The van der Waals surface area contributed by atoms with E-state index in [-0.39, 0.29) is 5.67 Å². The van der Waals surface area contributed by atoms with Crippen LogP contribution in [0.25, 0.3) is 0 Å². The molecule has 0 aromatic heterocycles. The van der Waals surface area contributed by atoms with Crippen LogP contribution in [0.2, 0.25) is 6.55 Å². The molecule has 1 atom stereocenters. The lowest BCUT2D eigenvalue weighted by atomic mass is 10.5. The molecule has 82 valence electrons. The van der Waals surface area contributed by atoms with Gasteiger partial charge in [-0.1, -0.05) is 13.5 Å². The highest BCUT2D eigenvalue weighted by molar-refractivity contribution is 6.46. The highest BCUT2D eigenvalue weighted by Gasteiger charge is 2.19. The van der Waals surface area contributed by atoms with E-state index in [0.29, 0.717) is 13.2 Å². The predicted molar refractivity (Wildman–Crippen MR) is 64.5 cm³/mol. The first kappa shape index (κ1) is 15.8. The third kappa shape index (κ3) is 8.64. The first-order valence-corrected chi connectivity index (χ1v) is 8.85. The molecule has 0 aliphatic rings. The quantitative estimate of drug-likeness (QED) is 0.643. The Bertz CT molecular complexity index is 90.2. The fourth-order valence-corrected chi connectivity index (χ4v) is 2.45. The Morgan fingerprint density at radius 2 is 1.54 bits per heavy atom. The molecule has 0 bridgehead atoms. The highest BCUT2D eigenvalue weighted by Crippen LogP contribution is 1.98. The van der Waals surface area contributed by atoms with E-state index in [4.69, 9.17) is 14.6 Å². The summed E-state index contributed by atoms with van der Waals surface area (Å²) in [5.41, 5.74) is 5.94. The smallest absolute Gasteiger partial charge is 0.338 e. The lowest BCUT2D eigenvalue weighted by molar-refractivity contribution is 0.204. The van der Waals surface area contributed by atoms with Gasteiger partial charge in [-0.25, -0.2) is 0 Å². The molecule has 0 aliphatic carbocycles. The maximum atomic E-state index is 5.80. The molecule has 0 saturated carbocycles. The van der Waals surface area contributed by atoms with E-state index in [1.807, 2.05) is 13.8 Å². The molecule has 0 saturated heterocycles. The van der Waals surface area contributed by atoms with Gasteiger partial charge in [-0.05, 0) is 30.5 Å². The molecule has 0 radical (unpaired) electrons. The van der Waals surface area contributed by atoms with Crippen LogP contribution in [0.5, 0.6) is 0 Å². The van der Waals surface area contributed by atoms with E-state index in [9.17, 15) is 0 Å². The zero-order chi connectivity index (χ0) is 10.7. The summed E-state index contributed by atoms with van der Waals surface area (Å²) in [4.78, 5) is 0. The van der Waals surface area contributed by atoms with Crippen molar-refractivity contribution in [3.05, 3.63) is 0 Å². The highest BCUT2D eigenvalue weighted by atomic mass is 28.3. The number of nitrogens with two attached hydrogens (primary N) is 1. The second-order valence-corrected chi connectivity index (χ2v) is 4.61. The van der Waals surface area contributed by atoms with E-state index in [1.165, 1.54) is 10.2 Å². The second kappa shape index (κ2) is 12.3. The number of hydrogen-bond donors (Lipinski definition) is 1. The Morgan fingerprint density at radius 1 is 1.15 bits per heavy atom. The molecule has 0 aliphatic heterocycles. The van der Waals surface area contributed by atoms with Crippen LogP contribution in [0.4, 0.5) is 0 Å². The van der Waals surface area contributed by atoms with E-state index in [1.54, 1.807) is 0 Å². The van der Waals surface area contributed by atoms with Crippen molar-refractivity contribution in [2.24, 2.45) is 5.73 Å². The molecule has 0 spiro atoms. The molecule has 5 heteroatoms. The van der Waals surface area contributed by atoms with Gasteiger partial charge in [0.15, 0.2) is 0 Å². The van der Waals surface area contributed by atoms with Gasteiger partial charge in [-0.2, -0.15) is 0 Å². The lowest BCUT2D eigenvalue weighted by Crippen LogP contribution is -2.43. The van der Waals surface area contributed by atoms with Crippen molar-refractivity contribution >= 4 is 19.5 Å². The van der Waals surface area contributed by atoms with Crippen molar-refractivity contribution in [3.63, 3.8) is 0 Å². The zero-order valence-corrected chi connectivity index (χ0v) is 12.8. The Kier molecular flexibility index (Phi) is 14.9. The minimum atomic E-state index is -1.55. The van der Waals surface area contributed by atoms with Crippen molar-refractivity contribution in [1.29, 1.82) is 0 Å². The maximum absolute atomic E-state index is 5.80. The Balaban J connectivity index is 0. The van der Waals surface area contributed by atoms with Gasteiger partial charge in [0.1, 0.15) is 0 Å². The van der Waals surface area contributed by atoms with Crippen molar-refractivity contribution in [3.8, 4) is 0 Å². The summed E-state index contributed by atoms with van der Waals surface area (Å²) in [6.07, 6.45) is 0.941. The van der Waals surface area contributed by atoms with Crippen LogP contribution < -0.4 is 5.73 Å². The van der Waals surface area contributed by atoms with Crippen LogP contribution in [0.1, 0.15) is 27.2 Å². The average molecular weight is 223 g/mol. The monoisotopic (exact) mass is 223 g/mol. The van der Waals surface area contributed by atoms with Crippen LogP contribution in [-0.2, 0) is 8.85 Å². The first-order chi connectivity index (χ1) is 6.26. The summed E-state index contributed by atoms with van der Waals surface area (Å²) in [5, 5.41) is 0. The predicted octanol–water partition coefficient (Wildman–Crippen LogP) is -0.0437. The van der Waals surface area contributed by atoms with Gasteiger partial charge in [-0.15, -0.1) is 0 Å². The molecule has 2 N–H and O–H groups in total. The Morgan fingerprint density at radius 3 is 1.77 bits per heavy atom. The minimum absolute atomic E-state index is 0.134. The number of hydrogen-bond acceptors (Lipinski definition) is 3. The summed E-state index contributed by atoms with van der Waals surface area (Å²) in [6, 6.07) is 0. The first-order valence-electron chi connectivity index (χ1n) is 5.24. The van der Waals surface area contributed by atoms with Gasteiger partial charge in [-0.3, -0.25) is 0 Å². The van der Waals surface area contributed by atoms with Crippen LogP contribution in [0.3, 0.4) is 0 Å². The van der Waals surface area contributed by atoms with Gasteiger partial charge in [0.25, 0.3) is 0 Å². The fourth-order valence-electron chi connectivity index (χ4n) is 0.816. The van der Waals surface area contributed by atoms with Gasteiger partial charge >= 0.3 is 9.28 Å². The summed E-state index contributed by atoms with van der Waals surface area (Å²) in [5.74, 6) is 0. The molecular formula is C8H25NO2Si2. The van der Waals surface area contributed by atoms with E-state index in [0.717, 1.165) is 6.42 Å². The topological polar surface area (TPSA) is 44.5 Å². The zero-order valence-electron chi connectivity index (χ0n) is 9.67. The van der Waals surface area contributed by atoms with Crippen LogP contribution in [0, 0.1) is 0 Å². The van der Waals surface area contributed by atoms with Crippen LogP contribution in [-0.4, -0.2) is 38.4 Å². The molecule has 0 aromatic carbocycles. The van der Waals surface area contributed by atoms with Gasteiger partial charge < -0.3 is 14.6 Å². The fraction of sp³-hybridized carbons (Fsp3) is 1.00. The normalized spacial score (nSPS) is 12.5. The molecule has 3 nitrogen and oxygen atoms in total. The Hall–Kier alpha value is 0.314. The average Bonchev–Trinajstić information content (AvgIpc) is 2.19. The van der Waals surface area contributed by atoms with E-state index < -0.39 is 9.28 Å². The van der Waals surface area contributed by atoms with Crippen LogP contribution in [0.15, 0.2) is 0 Å². The van der Waals surface area contributed by atoms with E-state index >= 15 is 0 Å². The third-order valence-corrected chi connectivity index (χ3v) is 3.98. The molecular weight excluding hydrogens is 198 g/mol. The van der Waals surface area contributed by atoms with Crippen molar-refractivity contribution < 1.29 is 8.85 Å². The largest absolute Gasteiger partial charge is 0.396 e. The van der Waals surface area contributed by atoms with Gasteiger partial charge in [0.05, 0.1) is 0 Å². The molecule has 1 unspecified atom stereocenters. The SMILES string of the molecule is CCO[SiH](OCC)C(N)CC.C[SiH3]. The molecule has 0 fully saturated rings. The summed E-state index contributed by atoms with van der Waals surface area (Å²) in [7, 11) is -0.245. The standard InChI is InChI=1S/C7H19NO2Si.CH6Si/c1-4-7(8)11(9-5-2)10-6-3;1-2/h7,11H,4-6,8H2,1-3H3;1-2H3.